The van der Waals surface area contributed by atoms with E-state index in [2.05, 4.69) is 31.0 Å². The number of carbonyl (C=O) groups excluding carboxylic acids is 1. The van der Waals surface area contributed by atoms with Crippen molar-refractivity contribution in [3.8, 4) is 0 Å². The Labute approximate surface area is 111 Å². The first-order chi connectivity index (χ1) is 8.56. The van der Waals surface area contributed by atoms with Crippen molar-refractivity contribution in [3.05, 3.63) is 0 Å². The number of hydrogen-bond donors (Lipinski definition) is 1. The first-order valence-corrected chi connectivity index (χ1v) is 7.64. The molecule has 2 rings (SSSR count). The number of hydrogen-bond acceptors (Lipinski definition) is 2. The molecule has 18 heavy (non-hydrogen) atoms. The highest BCUT2D eigenvalue weighted by molar-refractivity contribution is 5.84. The van der Waals surface area contributed by atoms with E-state index < -0.39 is 0 Å². The van der Waals surface area contributed by atoms with Crippen molar-refractivity contribution in [2.45, 2.75) is 78.0 Å². The first-order valence-electron chi connectivity index (χ1n) is 7.64. The van der Waals surface area contributed by atoms with E-state index in [0.29, 0.717) is 17.9 Å². The molecule has 0 radical (unpaired) electrons. The maximum absolute atomic E-state index is 12.4. The zero-order chi connectivity index (χ0) is 13.3. The van der Waals surface area contributed by atoms with Gasteiger partial charge in [-0.05, 0) is 31.6 Å². The summed E-state index contributed by atoms with van der Waals surface area (Å²) in [5.41, 5.74) is 0. The Morgan fingerprint density at radius 2 is 2.00 bits per heavy atom. The molecule has 0 aromatic carbocycles. The third-order valence-electron chi connectivity index (χ3n) is 4.99. The van der Waals surface area contributed by atoms with Crippen molar-refractivity contribution in [2.75, 3.05) is 0 Å². The van der Waals surface area contributed by atoms with Gasteiger partial charge in [-0.3, -0.25) is 10.1 Å². The van der Waals surface area contributed by atoms with Crippen LogP contribution in [0, 0.1) is 11.8 Å². The minimum absolute atomic E-state index is 0.00554. The molecule has 5 unspecified atom stereocenters. The smallest absolute Gasteiger partial charge is 0.240 e. The van der Waals surface area contributed by atoms with E-state index in [1.165, 1.54) is 19.3 Å². The molecule has 1 saturated heterocycles. The molecule has 0 bridgehead atoms. The molecule has 3 nitrogen and oxygen atoms in total. The van der Waals surface area contributed by atoms with Crippen molar-refractivity contribution in [3.63, 3.8) is 0 Å². The predicted octanol–water partition coefficient (Wildman–Crippen LogP) is 2.76. The normalized spacial score (nSPS) is 41.4. The second kappa shape index (κ2) is 5.60. The lowest BCUT2D eigenvalue weighted by Gasteiger charge is -2.42. The third-order valence-corrected chi connectivity index (χ3v) is 4.99. The van der Waals surface area contributed by atoms with Crippen LogP contribution in [0.2, 0.25) is 0 Å². The number of nitrogens with zero attached hydrogens (tertiary/aromatic N) is 1. The van der Waals surface area contributed by atoms with Crippen LogP contribution >= 0.6 is 0 Å². The Morgan fingerprint density at radius 1 is 1.28 bits per heavy atom. The minimum atomic E-state index is 0.00554. The summed E-state index contributed by atoms with van der Waals surface area (Å²) in [6.07, 6.45) is 6.26. The summed E-state index contributed by atoms with van der Waals surface area (Å²) in [6, 6.07) is 0.459. The van der Waals surface area contributed by atoms with E-state index in [1.807, 2.05) is 6.92 Å². The van der Waals surface area contributed by atoms with Gasteiger partial charge in [-0.1, -0.05) is 40.0 Å². The highest BCUT2D eigenvalue weighted by atomic mass is 16.2. The monoisotopic (exact) mass is 252 g/mol. The van der Waals surface area contributed by atoms with Crippen LogP contribution in [0.5, 0.6) is 0 Å². The Morgan fingerprint density at radius 3 is 2.67 bits per heavy atom. The molecule has 0 spiro atoms. The molecule has 0 aromatic rings. The molecule has 1 N–H and O–H groups in total. The first kappa shape index (κ1) is 13.9. The van der Waals surface area contributed by atoms with Gasteiger partial charge in [0, 0.05) is 6.04 Å². The lowest BCUT2D eigenvalue weighted by atomic mass is 9.77. The van der Waals surface area contributed by atoms with Crippen LogP contribution in [-0.4, -0.2) is 29.1 Å². The van der Waals surface area contributed by atoms with Gasteiger partial charge in [0.1, 0.15) is 0 Å². The summed E-state index contributed by atoms with van der Waals surface area (Å²) >= 11 is 0. The fourth-order valence-corrected chi connectivity index (χ4v) is 3.65. The molecule has 3 heteroatoms. The van der Waals surface area contributed by atoms with E-state index >= 15 is 0 Å². The van der Waals surface area contributed by atoms with Gasteiger partial charge in [-0.25, -0.2) is 0 Å². The molecule has 2 fully saturated rings. The molecule has 1 amide bonds. The highest BCUT2D eigenvalue weighted by Gasteiger charge is 2.43. The lowest BCUT2D eigenvalue weighted by Crippen LogP contribution is -2.50. The summed E-state index contributed by atoms with van der Waals surface area (Å²) < 4.78 is 0. The van der Waals surface area contributed by atoms with Gasteiger partial charge in [0.25, 0.3) is 0 Å². The lowest BCUT2D eigenvalue weighted by molar-refractivity contribution is -0.134. The Balaban J connectivity index is 2.15. The number of amides is 1. The van der Waals surface area contributed by atoms with Crippen LogP contribution in [0.1, 0.15) is 59.8 Å². The Bertz CT molecular complexity index is 305. The van der Waals surface area contributed by atoms with E-state index in [4.69, 9.17) is 0 Å². The zero-order valence-electron chi connectivity index (χ0n) is 12.3. The fraction of sp³-hybridized carbons (Fsp3) is 0.933. The van der Waals surface area contributed by atoms with Gasteiger partial charge < -0.3 is 4.90 Å². The summed E-state index contributed by atoms with van der Waals surface area (Å²) in [5.74, 6) is 1.70. The van der Waals surface area contributed by atoms with Gasteiger partial charge >= 0.3 is 0 Å². The highest BCUT2D eigenvalue weighted by Crippen LogP contribution is 2.35. The van der Waals surface area contributed by atoms with Crippen molar-refractivity contribution in [1.82, 2.24) is 10.2 Å². The van der Waals surface area contributed by atoms with Gasteiger partial charge in [-0.15, -0.1) is 0 Å². The second-order valence-electron chi connectivity index (χ2n) is 6.27. The molecule has 0 aromatic heterocycles. The molecule has 1 aliphatic heterocycles. The summed E-state index contributed by atoms with van der Waals surface area (Å²) in [5, 5.41) is 3.46. The van der Waals surface area contributed by atoms with Crippen LogP contribution in [0.4, 0.5) is 0 Å². The van der Waals surface area contributed by atoms with Crippen LogP contribution in [0.25, 0.3) is 0 Å². The Hall–Kier alpha value is -0.570. The van der Waals surface area contributed by atoms with Crippen molar-refractivity contribution < 1.29 is 4.79 Å². The van der Waals surface area contributed by atoms with Crippen molar-refractivity contribution in [2.24, 2.45) is 11.8 Å². The molecular weight excluding hydrogens is 224 g/mol. The maximum atomic E-state index is 12.4. The fourth-order valence-electron chi connectivity index (χ4n) is 3.65. The molecule has 1 heterocycles. The summed E-state index contributed by atoms with van der Waals surface area (Å²) in [6.45, 7) is 8.86. The van der Waals surface area contributed by atoms with Gasteiger partial charge in [-0.2, -0.15) is 0 Å². The average Bonchev–Trinajstić information content (AvgIpc) is 2.60. The second-order valence-corrected chi connectivity index (χ2v) is 6.27. The van der Waals surface area contributed by atoms with Crippen LogP contribution in [0.3, 0.4) is 0 Å². The van der Waals surface area contributed by atoms with Crippen LogP contribution in [0.15, 0.2) is 0 Å². The zero-order valence-corrected chi connectivity index (χ0v) is 12.3. The standard InChI is InChI=1S/C15H28N2O/c1-5-7-14-16-12(4)15(18)17(14)13-9-6-8-10(2)11(13)3/h10-14,16H,5-9H2,1-4H3. The number of rotatable bonds is 3. The predicted molar refractivity (Wildman–Crippen MR) is 74.1 cm³/mol. The van der Waals surface area contributed by atoms with Gasteiger partial charge in [0.05, 0.1) is 12.2 Å². The third kappa shape index (κ3) is 2.42. The molecule has 2 aliphatic rings. The number of nitrogens with one attached hydrogen (secondary N) is 1. The van der Waals surface area contributed by atoms with Crippen molar-refractivity contribution in [1.29, 1.82) is 0 Å². The van der Waals surface area contributed by atoms with Crippen molar-refractivity contribution >= 4 is 5.91 Å². The van der Waals surface area contributed by atoms with E-state index in [-0.39, 0.29) is 12.2 Å². The van der Waals surface area contributed by atoms with Gasteiger partial charge in [0.15, 0.2) is 0 Å². The molecule has 104 valence electrons. The summed E-state index contributed by atoms with van der Waals surface area (Å²) in [7, 11) is 0. The van der Waals surface area contributed by atoms with E-state index in [9.17, 15) is 4.79 Å². The van der Waals surface area contributed by atoms with Crippen LogP contribution in [-0.2, 0) is 4.79 Å². The largest absolute Gasteiger partial charge is 0.323 e. The molecule has 1 aliphatic carbocycles. The quantitative estimate of drug-likeness (QED) is 0.837. The van der Waals surface area contributed by atoms with Gasteiger partial charge in [0.2, 0.25) is 5.91 Å². The maximum Gasteiger partial charge on any atom is 0.240 e. The molecular formula is C15H28N2O. The molecule has 5 atom stereocenters. The average molecular weight is 252 g/mol. The van der Waals surface area contributed by atoms with E-state index in [0.717, 1.165) is 18.8 Å². The van der Waals surface area contributed by atoms with Crippen LogP contribution < -0.4 is 5.32 Å². The Kier molecular flexibility index (Phi) is 4.31. The molecule has 1 saturated carbocycles. The topological polar surface area (TPSA) is 32.3 Å². The number of carbonyl (C=O) groups is 1. The SMILES string of the molecule is CCCC1NC(C)C(=O)N1C1CCCC(C)C1C. The minimum Gasteiger partial charge on any atom is -0.323 e. The summed E-state index contributed by atoms with van der Waals surface area (Å²) in [4.78, 5) is 14.6. The van der Waals surface area contributed by atoms with E-state index in [1.54, 1.807) is 0 Å².